The van der Waals surface area contributed by atoms with Crippen LogP contribution in [0.3, 0.4) is 0 Å². The molecule has 2 aromatic heterocycles. The van der Waals surface area contributed by atoms with Gasteiger partial charge in [-0.15, -0.1) is 0 Å². The van der Waals surface area contributed by atoms with Crippen LogP contribution >= 0.6 is 0 Å². The topological polar surface area (TPSA) is 62.7 Å². The highest BCUT2D eigenvalue weighted by atomic mass is 16.3. The van der Waals surface area contributed by atoms with E-state index in [4.69, 9.17) is 14.4 Å². The van der Waals surface area contributed by atoms with Gasteiger partial charge in [0, 0.05) is 32.8 Å². The molecule has 0 saturated heterocycles. The van der Waals surface area contributed by atoms with E-state index in [9.17, 15) is 5.26 Å². The second-order valence-electron chi connectivity index (χ2n) is 15.2. The highest BCUT2D eigenvalue weighted by molar-refractivity contribution is 6.22. The molecule has 4 heteroatoms. The molecule has 0 aliphatic rings. The highest BCUT2D eigenvalue weighted by Gasteiger charge is 2.19. The van der Waals surface area contributed by atoms with E-state index >= 15 is 0 Å². The van der Waals surface area contributed by atoms with Crippen LogP contribution in [0.2, 0.25) is 0 Å². The van der Waals surface area contributed by atoms with Gasteiger partial charge in [0.2, 0.25) is 0 Å². The first-order valence-electron chi connectivity index (χ1n) is 20.4. The Morgan fingerprint density at radius 1 is 0.361 bits per heavy atom. The van der Waals surface area contributed by atoms with Gasteiger partial charge >= 0.3 is 0 Å². The third-order valence-electron chi connectivity index (χ3n) is 11.6. The third-order valence-corrected chi connectivity index (χ3v) is 11.6. The van der Waals surface area contributed by atoms with E-state index in [0.717, 1.165) is 94.2 Å². The lowest BCUT2D eigenvalue weighted by atomic mass is 9.93. The minimum atomic E-state index is 0.637. The first-order chi connectivity index (χ1) is 30.2. The van der Waals surface area contributed by atoms with Gasteiger partial charge in [-0.1, -0.05) is 182 Å². The van der Waals surface area contributed by atoms with E-state index in [-0.39, 0.29) is 0 Å². The lowest BCUT2D eigenvalue weighted by molar-refractivity contribution is 0.673. The fourth-order valence-corrected chi connectivity index (χ4v) is 8.45. The van der Waals surface area contributed by atoms with Crippen LogP contribution in [0.5, 0.6) is 0 Å². The maximum atomic E-state index is 9.46. The number of benzene rings is 9. The number of hydrogen-bond acceptors (Lipinski definition) is 4. The SMILES string of the molecule is N#Cc1ccc(-c2cc3c(oc4cccc(-c5ccc(-c6cc(-c7ccc(-c8ccccc8)cc7)nc(-c7ccc(-c8ccccc8)cc7)n6)cc5)c43)c3ccccc23)cc1. The molecule has 9 aromatic carbocycles. The molecule has 0 aliphatic carbocycles. The van der Waals surface area contributed by atoms with Crippen molar-refractivity contribution in [2.45, 2.75) is 0 Å². The van der Waals surface area contributed by atoms with E-state index in [2.05, 4.69) is 176 Å². The van der Waals surface area contributed by atoms with Crippen molar-refractivity contribution in [3.05, 3.63) is 218 Å². The molecule has 0 spiro atoms. The van der Waals surface area contributed by atoms with Gasteiger partial charge in [-0.25, -0.2) is 9.97 Å². The van der Waals surface area contributed by atoms with Crippen molar-refractivity contribution < 1.29 is 4.42 Å². The molecule has 0 atom stereocenters. The predicted octanol–water partition coefficient (Wildman–Crippen LogP) is 15.1. The molecule has 0 amide bonds. The smallest absolute Gasteiger partial charge is 0.160 e. The molecule has 0 aliphatic heterocycles. The van der Waals surface area contributed by atoms with Gasteiger partial charge in [-0.3, -0.25) is 0 Å². The number of aromatic nitrogens is 2. The summed E-state index contributed by atoms with van der Waals surface area (Å²) < 4.78 is 6.66. The summed E-state index contributed by atoms with van der Waals surface area (Å²) in [6.07, 6.45) is 0. The standard InChI is InChI=1S/C57H35N3O/c58-36-37-18-20-43(21-19-37)50-34-51-55-47(16-9-17-54(55)61-56(51)49-15-8-7-14-48(49)50)42-26-30-45(31-27-42)53-35-52(44-28-22-40(23-29-44)38-10-3-1-4-11-38)59-57(60-53)46-32-24-41(25-33-46)39-12-5-2-6-13-39/h1-35H. The van der Waals surface area contributed by atoms with Crippen molar-refractivity contribution in [3.63, 3.8) is 0 Å². The monoisotopic (exact) mass is 777 g/mol. The zero-order valence-electron chi connectivity index (χ0n) is 33.0. The molecule has 11 rings (SSSR count). The Labute approximate surface area is 353 Å². The largest absolute Gasteiger partial charge is 0.455 e. The van der Waals surface area contributed by atoms with Crippen LogP contribution in [0.15, 0.2) is 217 Å². The fraction of sp³-hybridized carbons (Fsp3) is 0. The van der Waals surface area contributed by atoms with Gasteiger partial charge in [-0.05, 0) is 80.2 Å². The second-order valence-corrected chi connectivity index (χ2v) is 15.2. The molecular formula is C57H35N3O. The molecule has 0 bridgehead atoms. The zero-order valence-corrected chi connectivity index (χ0v) is 33.0. The lowest BCUT2D eigenvalue weighted by Gasteiger charge is -2.12. The molecule has 61 heavy (non-hydrogen) atoms. The Kier molecular flexibility index (Phi) is 8.84. The van der Waals surface area contributed by atoms with E-state index < -0.39 is 0 Å². The minimum absolute atomic E-state index is 0.637. The molecule has 11 aromatic rings. The third kappa shape index (κ3) is 6.61. The number of nitriles is 1. The summed E-state index contributed by atoms with van der Waals surface area (Å²) in [7, 11) is 0. The molecule has 4 nitrogen and oxygen atoms in total. The van der Waals surface area contributed by atoms with Gasteiger partial charge in [0.05, 0.1) is 23.0 Å². The van der Waals surface area contributed by atoms with Crippen molar-refractivity contribution in [3.8, 4) is 84.5 Å². The van der Waals surface area contributed by atoms with E-state index in [1.165, 1.54) is 11.1 Å². The Bertz CT molecular complexity index is 3320. The maximum absolute atomic E-state index is 9.46. The van der Waals surface area contributed by atoms with Crippen molar-refractivity contribution in [2.24, 2.45) is 0 Å². The predicted molar refractivity (Wildman–Crippen MR) is 250 cm³/mol. The number of fused-ring (bicyclic) bond motifs is 5. The summed E-state index contributed by atoms with van der Waals surface area (Å²) in [4.78, 5) is 10.3. The molecular weight excluding hydrogens is 743 g/mol. The fourth-order valence-electron chi connectivity index (χ4n) is 8.45. The maximum Gasteiger partial charge on any atom is 0.160 e. The molecule has 284 valence electrons. The van der Waals surface area contributed by atoms with Crippen LogP contribution in [-0.2, 0) is 0 Å². The van der Waals surface area contributed by atoms with Gasteiger partial charge < -0.3 is 4.42 Å². The first-order valence-corrected chi connectivity index (χ1v) is 20.4. The van der Waals surface area contributed by atoms with Crippen LogP contribution in [0, 0.1) is 11.3 Å². The van der Waals surface area contributed by atoms with Crippen molar-refractivity contribution in [2.75, 3.05) is 0 Å². The molecule has 2 heterocycles. The van der Waals surface area contributed by atoms with Gasteiger partial charge in [-0.2, -0.15) is 5.26 Å². The second kappa shape index (κ2) is 15.1. The Balaban J connectivity index is 1.01. The Morgan fingerprint density at radius 3 is 1.43 bits per heavy atom. The summed E-state index contributed by atoms with van der Waals surface area (Å²) >= 11 is 0. The molecule has 0 N–H and O–H groups in total. The van der Waals surface area contributed by atoms with Crippen molar-refractivity contribution in [1.82, 2.24) is 9.97 Å². The number of hydrogen-bond donors (Lipinski definition) is 0. The Hall–Kier alpha value is -8.39. The summed E-state index contributed by atoms with van der Waals surface area (Å²) in [5, 5.41) is 13.7. The van der Waals surface area contributed by atoms with Crippen LogP contribution < -0.4 is 0 Å². The summed E-state index contributed by atoms with van der Waals surface area (Å²) in [5.74, 6) is 0.670. The van der Waals surface area contributed by atoms with Crippen LogP contribution in [0.1, 0.15) is 5.56 Å². The quantitative estimate of drug-likeness (QED) is 0.162. The average Bonchev–Trinajstić information content (AvgIpc) is 3.74. The van der Waals surface area contributed by atoms with E-state index in [1.807, 2.05) is 42.5 Å². The summed E-state index contributed by atoms with van der Waals surface area (Å²) in [5.41, 5.74) is 16.0. The van der Waals surface area contributed by atoms with Crippen molar-refractivity contribution >= 4 is 32.7 Å². The number of furan rings is 1. The van der Waals surface area contributed by atoms with Crippen LogP contribution in [0.4, 0.5) is 0 Å². The van der Waals surface area contributed by atoms with Gasteiger partial charge in [0.15, 0.2) is 5.82 Å². The molecule has 0 saturated carbocycles. The van der Waals surface area contributed by atoms with Crippen LogP contribution in [0.25, 0.3) is 111 Å². The normalized spacial score (nSPS) is 11.3. The molecule has 0 unspecified atom stereocenters. The summed E-state index contributed by atoms with van der Waals surface area (Å²) in [6, 6.07) is 75.6. The Morgan fingerprint density at radius 2 is 0.836 bits per heavy atom. The molecule has 0 radical (unpaired) electrons. The van der Waals surface area contributed by atoms with Crippen molar-refractivity contribution in [1.29, 1.82) is 5.26 Å². The van der Waals surface area contributed by atoms with E-state index in [0.29, 0.717) is 11.4 Å². The van der Waals surface area contributed by atoms with Gasteiger partial charge in [0.1, 0.15) is 11.2 Å². The number of rotatable bonds is 7. The lowest BCUT2D eigenvalue weighted by Crippen LogP contribution is -1.96. The minimum Gasteiger partial charge on any atom is -0.455 e. The van der Waals surface area contributed by atoms with Crippen LogP contribution in [-0.4, -0.2) is 9.97 Å². The highest BCUT2D eigenvalue weighted by Crippen LogP contribution is 2.43. The van der Waals surface area contributed by atoms with E-state index in [1.54, 1.807) is 0 Å². The molecule has 0 fully saturated rings. The van der Waals surface area contributed by atoms with Gasteiger partial charge in [0.25, 0.3) is 0 Å². The first kappa shape index (κ1) is 35.7. The zero-order chi connectivity index (χ0) is 40.7. The average molecular weight is 778 g/mol. The number of nitrogens with zero attached hydrogens (tertiary/aromatic N) is 3. The summed E-state index contributed by atoms with van der Waals surface area (Å²) in [6.45, 7) is 0.